The summed E-state index contributed by atoms with van der Waals surface area (Å²) in [7, 11) is 0. The number of benzene rings is 1. The molecule has 0 aromatic heterocycles. The van der Waals surface area contributed by atoms with Gasteiger partial charge < -0.3 is 5.73 Å². The van der Waals surface area contributed by atoms with Crippen LogP contribution >= 0.6 is 0 Å². The zero-order valence-electron chi connectivity index (χ0n) is 10.6. The highest BCUT2D eigenvalue weighted by Gasteiger charge is 2.20. The molecule has 1 atom stereocenters. The van der Waals surface area contributed by atoms with Crippen LogP contribution in [0.3, 0.4) is 0 Å². The third-order valence-electron chi connectivity index (χ3n) is 3.39. The minimum Gasteiger partial charge on any atom is -0.324 e. The van der Waals surface area contributed by atoms with Crippen LogP contribution in [0.2, 0.25) is 0 Å². The first-order chi connectivity index (χ1) is 8.01. The van der Waals surface area contributed by atoms with Gasteiger partial charge in [-0.15, -0.1) is 0 Å². The number of hydrogen-bond donors (Lipinski definition) is 1. The van der Waals surface area contributed by atoms with E-state index < -0.39 is 0 Å². The minimum atomic E-state index is -0.372. The molecule has 0 spiro atoms. The fourth-order valence-electron chi connectivity index (χ4n) is 2.15. The fourth-order valence-corrected chi connectivity index (χ4v) is 2.15. The highest BCUT2D eigenvalue weighted by atomic mass is 16.6. The molecular weight excluding hydrogens is 216 g/mol. The SMILES string of the molecule is CCC(CC)C(N)c1cc([N+](=O)[O-])ccc1C. The second kappa shape index (κ2) is 5.77. The lowest BCUT2D eigenvalue weighted by Gasteiger charge is -2.22. The first-order valence-corrected chi connectivity index (χ1v) is 6.01. The zero-order valence-corrected chi connectivity index (χ0v) is 10.6. The van der Waals surface area contributed by atoms with Crippen LogP contribution in [0.25, 0.3) is 0 Å². The zero-order chi connectivity index (χ0) is 13.0. The standard InChI is InChI=1S/C13H20N2O2/c1-4-10(5-2)13(14)12-8-11(15(16)17)7-6-9(12)3/h6-8,10,13H,4-5,14H2,1-3H3. The topological polar surface area (TPSA) is 69.2 Å². The smallest absolute Gasteiger partial charge is 0.269 e. The lowest BCUT2D eigenvalue weighted by Crippen LogP contribution is -2.21. The molecule has 1 rings (SSSR count). The summed E-state index contributed by atoms with van der Waals surface area (Å²) in [5, 5.41) is 10.8. The van der Waals surface area contributed by atoms with E-state index in [0.29, 0.717) is 5.92 Å². The van der Waals surface area contributed by atoms with Gasteiger partial charge in [0.25, 0.3) is 5.69 Å². The quantitative estimate of drug-likeness (QED) is 0.629. The van der Waals surface area contributed by atoms with E-state index >= 15 is 0 Å². The van der Waals surface area contributed by atoms with Crippen molar-refractivity contribution in [2.24, 2.45) is 11.7 Å². The normalized spacial score (nSPS) is 12.8. The molecule has 0 aliphatic rings. The van der Waals surface area contributed by atoms with Crippen LogP contribution in [-0.4, -0.2) is 4.92 Å². The highest BCUT2D eigenvalue weighted by Crippen LogP contribution is 2.29. The molecule has 0 saturated heterocycles. The van der Waals surface area contributed by atoms with Gasteiger partial charge in [-0.25, -0.2) is 0 Å². The lowest BCUT2D eigenvalue weighted by molar-refractivity contribution is -0.385. The maximum atomic E-state index is 10.8. The predicted molar refractivity (Wildman–Crippen MR) is 68.8 cm³/mol. The molecule has 1 aromatic carbocycles. The van der Waals surface area contributed by atoms with E-state index in [2.05, 4.69) is 13.8 Å². The second-order valence-corrected chi connectivity index (χ2v) is 4.40. The van der Waals surface area contributed by atoms with E-state index in [9.17, 15) is 10.1 Å². The summed E-state index contributed by atoms with van der Waals surface area (Å²) in [6.07, 6.45) is 1.97. The Hall–Kier alpha value is -1.42. The molecule has 94 valence electrons. The molecule has 0 aliphatic heterocycles. The van der Waals surface area contributed by atoms with Gasteiger partial charge in [0.2, 0.25) is 0 Å². The van der Waals surface area contributed by atoms with Crippen LogP contribution in [0, 0.1) is 23.0 Å². The van der Waals surface area contributed by atoms with Crippen LogP contribution in [-0.2, 0) is 0 Å². The molecule has 0 amide bonds. The molecule has 2 N–H and O–H groups in total. The van der Waals surface area contributed by atoms with Gasteiger partial charge in [-0.05, 0) is 24.0 Å². The summed E-state index contributed by atoms with van der Waals surface area (Å²) in [4.78, 5) is 10.4. The van der Waals surface area contributed by atoms with Crippen molar-refractivity contribution in [2.45, 2.75) is 39.7 Å². The predicted octanol–water partition coefficient (Wildman–Crippen LogP) is 3.34. The molecule has 4 heteroatoms. The van der Waals surface area contributed by atoms with Crippen LogP contribution in [0.15, 0.2) is 18.2 Å². The summed E-state index contributed by atoms with van der Waals surface area (Å²) in [5.41, 5.74) is 8.24. The summed E-state index contributed by atoms with van der Waals surface area (Å²) >= 11 is 0. The van der Waals surface area contributed by atoms with Crippen LogP contribution in [0.1, 0.15) is 43.9 Å². The van der Waals surface area contributed by atoms with Gasteiger partial charge in [-0.3, -0.25) is 10.1 Å². The summed E-state index contributed by atoms with van der Waals surface area (Å²) in [6.45, 7) is 6.14. The Morgan fingerprint density at radius 2 is 1.94 bits per heavy atom. The van der Waals surface area contributed by atoms with Crippen LogP contribution < -0.4 is 5.73 Å². The van der Waals surface area contributed by atoms with E-state index in [-0.39, 0.29) is 16.7 Å². The maximum absolute atomic E-state index is 10.8. The summed E-state index contributed by atoms with van der Waals surface area (Å²) in [5.74, 6) is 0.371. The third kappa shape index (κ3) is 3.03. The third-order valence-corrected chi connectivity index (χ3v) is 3.39. The van der Waals surface area contributed by atoms with Gasteiger partial charge in [-0.2, -0.15) is 0 Å². The van der Waals surface area contributed by atoms with Gasteiger partial charge >= 0.3 is 0 Å². The van der Waals surface area contributed by atoms with Gasteiger partial charge in [-0.1, -0.05) is 32.8 Å². The number of aryl methyl sites for hydroxylation is 1. The minimum absolute atomic E-state index is 0.118. The molecule has 0 fully saturated rings. The Bertz CT molecular complexity index is 400. The molecule has 0 saturated carbocycles. The molecule has 0 bridgehead atoms. The molecule has 0 aliphatic carbocycles. The molecule has 1 aromatic rings. The molecule has 1 unspecified atom stereocenters. The van der Waals surface area contributed by atoms with Crippen LogP contribution in [0.5, 0.6) is 0 Å². The van der Waals surface area contributed by atoms with Crippen molar-refractivity contribution in [2.75, 3.05) is 0 Å². The van der Waals surface area contributed by atoms with Crippen molar-refractivity contribution >= 4 is 5.69 Å². The second-order valence-electron chi connectivity index (χ2n) is 4.40. The number of non-ortho nitro benzene ring substituents is 1. The Labute approximate surface area is 102 Å². The molecular formula is C13H20N2O2. The first-order valence-electron chi connectivity index (χ1n) is 6.01. The number of nitro benzene ring substituents is 1. The Morgan fingerprint density at radius 1 is 1.35 bits per heavy atom. The Morgan fingerprint density at radius 3 is 2.41 bits per heavy atom. The van der Waals surface area contributed by atoms with E-state index in [4.69, 9.17) is 5.73 Å². The first kappa shape index (κ1) is 13.6. The van der Waals surface area contributed by atoms with Crippen molar-refractivity contribution in [3.8, 4) is 0 Å². The molecule has 4 nitrogen and oxygen atoms in total. The van der Waals surface area contributed by atoms with E-state index in [1.165, 1.54) is 6.07 Å². The molecule has 0 radical (unpaired) electrons. The Balaban J connectivity index is 3.11. The van der Waals surface area contributed by atoms with E-state index in [0.717, 1.165) is 24.0 Å². The number of hydrogen-bond acceptors (Lipinski definition) is 3. The van der Waals surface area contributed by atoms with Crippen molar-refractivity contribution in [1.82, 2.24) is 0 Å². The number of nitrogens with zero attached hydrogens (tertiary/aromatic N) is 1. The fraction of sp³-hybridized carbons (Fsp3) is 0.538. The number of nitrogens with two attached hydrogens (primary N) is 1. The van der Waals surface area contributed by atoms with Crippen molar-refractivity contribution in [3.63, 3.8) is 0 Å². The molecule has 0 heterocycles. The van der Waals surface area contributed by atoms with E-state index in [1.54, 1.807) is 12.1 Å². The summed E-state index contributed by atoms with van der Waals surface area (Å²) < 4.78 is 0. The van der Waals surface area contributed by atoms with Gasteiger partial charge in [0.15, 0.2) is 0 Å². The Kier molecular flexibility index (Phi) is 4.63. The highest BCUT2D eigenvalue weighted by molar-refractivity contribution is 5.41. The number of rotatable bonds is 5. The average molecular weight is 236 g/mol. The van der Waals surface area contributed by atoms with Gasteiger partial charge in [0.1, 0.15) is 0 Å². The largest absolute Gasteiger partial charge is 0.324 e. The van der Waals surface area contributed by atoms with Crippen LogP contribution in [0.4, 0.5) is 5.69 Å². The summed E-state index contributed by atoms with van der Waals surface area (Å²) in [6, 6.07) is 4.79. The average Bonchev–Trinajstić information content (AvgIpc) is 2.30. The molecule has 17 heavy (non-hydrogen) atoms. The maximum Gasteiger partial charge on any atom is 0.269 e. The van der Waals surface area contributed by atoms with Crippen molar-refractivity contribution < 1.29 is 4.92 Å². The monoisotopic (exact) mass is 236 g/mol. The van der Waals surface area contributed by atoms with Crippen molar-refractivity contribution in [3.05, 3.63) is 39.4 Å². The lowest BCUT2D eigenvalue weighted by atomic mass is 9.87. The van der Waals surface area contributed by atoms with Gasteiger partial charge in [0.05, 0.1) is 4.92 Å². The van der Waals surface area contributed by atoms with Crippen molar-refractivity contribution in [1.29, 1.82) is 0 Å². The van der Waals surface area contributed by atoms with Gasteiger partial charge in [0, 0.05) is 18.2 Å². The number of nitro groups is 1. The van der Waals surface area contributed by atoms with E-state index in [1.807, 2.05) is 6.92 Å².